The molecule has 0 aliphatic carbocycles. The molecule has 0 saturated heterocycles. The summed E-state index contributed by atoms with van der Waals surface area (Å²) in [4.78, 5) is 17.6. The Labute approximate surface area is 210 Å². The Bertz CT molecular complexity index is 1180. The fourth-order valence-corrected chi connectivity index (χ4v) is 3.32. The lowest BCUT2D eigenvalue weighted by molar-refractivity contribution is -0.192. The number of carbonyl (C=O) groups is 1. The van der Waals surface area contributed by atoms with Crippen molar-refractivity contribution in [2.75, 3.05) is 18.1 Å². The van der Waals surface area contributed by atoms with E-state index in [1.807, 2.05) is 30.3 Å². The van der Waals surface area contributed by atoms with Gasteiger partial charge in [0.05, 0.1) is 22.4 Å². The van der Waals surface area contributed by atoms with Gasteiger partial charge in [-0.1, -0.05) is 59.8 Å². The molecule has 3 rings (SSSR count). The van der Waals surface area contributed by atoms with Gasteiger partial charge in [-0.25, -0.2) is 14.8 Å². The lowest BCUT2D eigenvalue weighted by atomic mass is 10.1. The summed E-state index contributed by atoms with van der Waals surface area (Å²) in [6.07, 6.45) is -8.55. The SMILES string of the molecule is CSc1nc(NC[C@H](O)c2ccccc2)cc(-c2ccc(C(F)(F)F)c(Cl)c2)n1.O=C(O)C(F)(F)F. The minimum absolute atomic E-state index is 0.210. The van der Waals surface area contributed by atoms with Crippen LogP contribution in [0.5, 0.6) is 0 Å². The molecule has 2 aromatic carbocycles. The number of aliphatic hydroxyl groups is 1. The van der Waals surface area contributed by atoms with Gasteiger partial charge in [0.25, 0.3) is 0 Å². The van der Waals surface area contributed by atoms with Crippen molar-refractivity contribution in [1.29, 1.82) is 0 Å². The van der Waals surface area contributed by atoms with Crippen LogP contribution in [0.2, 0.25) is 5.02 Å². The highest BCUT2D eigenvalue weighted by Crippen LogP contribution is 2.37. The normalized spacial score (nSPS) is 12.4. The van der Waals surface area contributed by atoms with Crippen molar-refractivity contribution in [2.45, 2.75) is 23.6 Å². The Balaban J connectivity index is 0.000000572. The molecule has 14 heteroatoms. The largest absolute Gasteiger partial charge is 0.490 e. The number of carboxylic acid groups (broad SMARTS) is 1. The maximum Gasteiger partial charge on any atom is 0.490 e. The first-order valence-electron chi connectivity index (χ1n) is 9.79. The van der Waals surface area contributed by atoms with Crippen LogP contribution in [0.4, 0.5) is 32.2 Å². The molecular formula is C22H18ClF6N3O3S. The van der Waals surface area contributed by atoms with Crippen LogP contribution in [-0.2, 0) is 11.0 Å². The van der Waals surface area contributed by atoms with E-state index < -0.39 is 35.0 Å². The molecule has 0 unspecified atom stereocenters. The van der Waals surface area contributed by atoms with E-state index in [1.165, 1.54) is 23.9 Å². The first-order chi connectivity index (χ1) is 16.7. The van der Waals surface area contributed by atoms with Crippen molar-refractivity contribution in [3.8, 4) is 11.3 Å². The number of hydrogen-bond donors (Lipinski definition) is 3. The number of aliphatic hydroxyl groups excluding tert-OH is 1. The topological polar surface area (TPSA) is 95.3 Å². The molecule has 194 valence electrons. The van der Waals surface area contributed by atoms with E-state index in [2.05, 4.69) is 15.3 Å². The molecule has 0 aliphatic rings. The van der Waals surface area contributed by atoms with Gasteiger partial charge in [0.1, 0.15) is 5.82 Å². The monoisotopic (exact) mass is 553 g/mol. The van der Waals surface area contributed by atoms with Gasteiger partial charge in [-0.15, -0.1) is 0 Å². The van der Waals surface area contributed by atoms with Gasteiger partial charge in [0, 0.05) is 18.2 Å². The molecule has 1 aromatic heterocycles. The second-order valence-electron chi connectivity index (χ2n) is 6.93. The van der Waals surface area contributed by atoms with Gasteiger partial charge in [-0.2, -0.15) is 26.3 Å². The highest BCUT2D eigenvalue weighted by atomic mass is 35.5. The lowest BCUT2D eigenvalue weighted by Gasteiger charge is -2.14. The summed E-state index contributed by atoms with van der Waals surface area (Å²) in [5.74, 6) is -2.31. The molecule has 1 heterocycles. The number of alkyl halides is 6. The van der Waals surface area contributed by atoms with E-state index in [9.17, 15) is 31.4 Å². The number of hydrogen-bond acceptors (Lipinski definition) is 6. The first kappa shape index (κ1) is 29.2. The number of aromatic nitrogens is 2. The number of anilines is 1. The van der Waals surface area contributed by atoms with Crippen molar-refractivity contribution in [3.05, 3.63) is 70.7 Å². The number of nitrogens with zero attached hydrogens (tertiary/aromatic N) is 2. The lowest BCUT2D eigenvalue weighted by Crippen LogP contribution is -2.21. The molecule has 0 amide bonds. The summed E-state index contributed by atoms with van der Waals surface area (Å²) in [5.41, 5.74) is 0.726. The minimum Gasteiger partial charge on any atom is -0.475 e. The third-order valence-corrected chi connectivity index (χ3v) is 5.22. The summed E-state index contributed by atoms with van der Waals surface area (Å²) in [5, 5.41) is 20.5. The van der Waals surface area contributed by atoms with E-state index in [4.69, 9.17) is 21.5 Å². The minimum atomic E-state index is -5.08. The number of nitrogens with one attached hydrogen (secondary N) is 1. The first-order valence-corrected chi connectivity index (χ1v) is 11.4. The molecule has 0 fully saturated rings. The molecule has 1 atom stereocenters. The molecule has 0 spiro atoms. The van der Waals surface area contributed by atoms with Crippen molar-refractivity contribution in [1.82, 2.24) is 9.97 Å². The van der Waals surface area contributed by atoms with E-state index >= 15 is 0 Å². The molecule has 6 nitrogen and oxygen atoms in total. The van der Waals surface area contributed by atoms with E-state index in [1.54, 1.807) is 12.3 Å². The summed E-state index contributed by atoms with van der Waals surface area (Å²) in [6, 6.07) is 14.3. The summed E-state index contributed by atoms with van der Waals surface area (Å²) < 4.78 is 70.5. The number of aliphatic carboxylic acids is 1. The Kier molecular flexibility index (Phi) is 9.96. The number of rotatable bonds is 6. The van der Waals surface area contributed by atoms with E-state index in [0.29, 0.717) is 22.2 Å². The Hall–Kier alpha value is -3.03. The molecule has 0 aliphatic heterocycles. The zero-order valence-electron chi connectivity index (χ0n) is 18.2. The second-order valence-corrected chi connectivity index (χ2v) is 8.11. The number of halogens is 7. The van der Waals surface area contributed by atoms with Gasteiger partial charge in [-0.3, -0.25) is 0 Å². The second kappa shape index (κ2) is 12.3. The molecule has 3 N–H and O–H groups in total. The zero-order chi connectivity index (χ0) is 27.1. The van der Waals surface area contributed by atoms with Crippen LogP contribution in [0, 0.1) is 0 Å². The summed E-state index contributed by atoms with van der Waals surface area (Å²) in [6.45, 7) is 0.210. The van der Waals surface area contributed by atoms with Crippen LogP contribution in [0.15, 0.2) is 59.8 Å². The van der Waals surface area contributed by atoms with Gasteiger partial charge in [0.2, 0.25) is 0 Å². The Morgan fingerprint density at radius 1 is 1.06 bits per heavy atom. The summed E-state index contributed by atoms with van der Waals surface area (Å²) in [7, 11) is 0. The van der Waals surface area contributed by atoms with Crippen LogP contribution >= 0.6 is 23.4 Å². The predicted octanol–water partition coefficient (Wildman–Crippen LogP) is 6.32. The fourth-order valence-electron chi connectivity index (χ4n) is 2.65. The third kappa shape index (κ3) is 8.57. The fraction of sp³-hybridized carbons (Fsp3) is 0.227. The van der Waals surface area contributed by atoms with Crippen molar-refractivity contribution >= 4 is 35.1 Å². The van der Waals surface area contributed by atoms with E-state index in [0.717, 1.165) is 11.6 Å². The molecular weight excluding hydrogens is 536 g/mol. The maximum atomic E-state index is 12.9. The van der Waals surface area contributed by atoms with Gasteiger partial charge < -0.3 is 15.5 Å². The highest BCUT2D eigenvalue weighted by molar-refractivity contribution is 7.98. The molecule has 3 aromatic rings. The standard InChI is InChI=1S/C20H17ClF3N3OS.C2HF3O2/c1-29-19-26-16(13-7-8-14(15(21)9-13)20(22,23)24)10-18(27-19)25-11-17(28)12-5-3-2-4-6-12;3-2(4,5)1(6)7/h2-10,17,28H,11H2,1H3,(H,25,26,27);(H,6,7)/t17-;/m0./s1. The van der Waals surface area contributed by atoms with Crippen LogP contribution < -0.4 is 5.32 Å². The van der Waals surface area contributed by atoms with Crippen LogP contribution in [0.1, 0.15) is 17.2 Å². The number of benzene rings is 2. The van der Waals surface area contributed by atoms with Crippen LogP contribution in [0.25, 0.3) is 11.3 Å². The predicted molar refractivity (Wildman–Crippen MR) is 123 cm³/mol. The van der Waals surface area contributed by atoms with Crippen molar-refractivity contribution in [3.63, 3.8) is 0 Å². The quantitative estimate of drug-likeness (QED) is 0.187. The Morgan fingerprint density at radius 3 is 2.17 bits per heavy atom. The average molecular weight is 554 g/mol. The average Bonchev–Trinajstić information content (AvgIpc) is 2.81. The summed E-state index contributed by atoms with van der Waals surface area (Å²) >= 11 is 7.13. The Morgan fingerprint density at radius 2 is 1.67 bits per heavy atom. The van der Waals surface area contributed by atoms with Gasteiger partial charge in [-0.05, 0) is 24.0 Å². The van der Waals surface area contributed by atoms with Crippen LogP contribution in [-0.4, -0.2) is 45.1 Å². The number of thioether (sulfide) groups is 1. The zero-order valence-corrected chi connectivity index (χ0v) is 19.8. The van der Waals surface area contributed by atoms with Crippen LogP contribution in [0.3, 0.4) is 0 Å². The van der Waals surface area contributed by atoms with E-state index in [-0.39, 0.29) is 6.54 Å². The van der Waals surface area contributed by atoms with Gasteiger partial charge in [0.15, 0.2) is 5.16 Å². The molecule has 0 radical (unpaired) electrons. The highest BCUT2D eigenvalue weighted by Gasteiger charge is 2.38. The molecule has 36 heavy (non-hydrogen) atoms. The molecule has 0 bridgehead atoms. The number of carboxylic acids is 1. The molecule has 0 saturated carbocycles. The van der Waals surface area contributed by atoms with Gasteiger partial charge >= 0.3 is 18.3 Å². The van der Waals surface area contributed by atoms with Crippen molar-refractivity contribution < 1.29 is 41.4 Å². The van der Waals surface area contributed by atoms with Crippen molar-refractivity contribution in [2.24, 2.45) is 0 Å². The smallest absolute Gasteiger partial charge is 0.475 e. The third-order valence-electron chi connectivity index (χ3n) is 4.36. The maximum absolute atomic E-state index is 12.9.